The molecular weight excluding hydrogens is 228 g/mol. The molecule has 18 heavy (non-hydrogen) atoms. The lowest BCUT2D eigenvalue weighted by molar-refractivity contribution is 0.0655. The van der Waals surface area contributed by atoms with E-state index in [0.29, 0.717) is 5.56 Å². The first kappa shape index (κ1) is 12.8. The molecule has 0 spiro atoms. The van der Waals surface area contributed by atoms with Gasteiger partial charge in [0.2, 0.25) is 0 Å². The summed E-state index contributed by atoms with van der Waals surface area (Å²) in [5, 5.41) is 3.28. The minimum absolute atomic E-state index is 0.0711. The van der Waals surface area contributed by atoms with Gasteiger partial charge in [-0.2, -0.15) is 0 Å². The van der Waals surface area contributed by atoms with Gasteiger partial charge in [-0.25, -0.2) is 4.98 Å². The molecule has 0 aliphatic carbocycles. The maximum atomic E-state index is 12.3. The fourth-order valence-corrected chi connectivity index (χ4v) is 2.09. The number of rotatable bonds is 2. The highest BCUT2D eigenvalue weighted by molar-refractivity contribution is 5.94. The Kier molecular flexibility index (Phi) is 3.81. The molecule has 1 saturated heterocycles. The summed E-state index contributed by atoms with van der Waals surface area (Å²) in [4.78, 5) is 20.4. The molecular formula is C13H20N4O. The van der Waals surface area contributed by atoms with E-state index in [-0.39, 0.29) is 11.9 Å². The van der Waals surface area contributed by atoms with E-state index < -0.39 is 0 Å². The van der Waals surface area contributed by atoms with E-state index in [1.54, 1.807) is 6.20 Å². The Hall–Kier alpha value is -1.62. The van der Waals surface area contributed by atoms with Crippen molar-refractivity contribution in [2.75, 3.05) is 38.6 Å². The molecule has 1 N–H and O–H groups in total. The summed E-state index contributed by atoms with van der Waals surface area (Å²) in [5.74, 6) is 0.932. The van der Waals surface area contributed by atoms with Crippen LogP contribution in [0.1, 0.15) is 17.3 Å². The smallest absolute Gasteiger partial charge is 0.255 e. The van der Waals surface area contributed by atoms with Crippen molar-refractivity contribution in [3.8, 4) is 0 Å². The van der Waals surface area contributed by atoms with Crippen molar-refractivity contribution in [2.24, 2.45) is 0 Å². The summed E-state index contributed by atoms with van der Waals surface area (Å²) in [6.45, 7) is 4.54. The standard InChI is InChI=1S/C13H20N4O/c1-10-8-14-6-7-17(10)13(18)11-4-5-12(15-9-11)16(2)3/h4-5,9-10,14H,6-8H2,1-3H3/t10-/m1/s1. The number of hydrogen-bond donors (Lipinski definition) is 1. The van der Waals surface area contributed by atoms with Crippen LogP contribution in [0.2, 0.25) is 0 Å². The molecule has 1 aromatic rings. The Morgan fingerprint density at radius 2 is 2.28 bits per heavy atom. The van der Waals surface area contributed by atoms with Crippen LogP contribution in [0.15, 0.2) is 18.3 Å². The van der Waals surface area contributed by atoms with E-state index in [1.807, 2.05) is 36.0 Å². The number of hydrogen-bond acceptors (Lipinski definition) is 4. The SMILES string of the molecule is C[C@@H]1CNCCN1C(=O)c1ccc(N(C)C)nc1. The van der Waals surface area contributed by atoms with Gasteiger partial charge in [0.05, 0.1) is 5.56 Å². The van der Waals surface area contributed by atoms with Gasteiger partial charge >= 0.3 is 0 Å². The second-order valence-electron chi connectivity index (χ2n) is 4.85. The second kappa shape index (κ2) is 5.35. The first-order chi connectivity index (χ1) is 8.59. The number of nitrogens with one attached hydrogen (secondary N) is 1. The van der Waals surface area contributed by atoms with Crippen LogP contribution in [0.25, 0.3) is 0 Å². The van der Waals surface area contributed by atoms with Gasteiger partial charge in [-0.05, 0) is 19.1 Å². The first-order valence-corrected chi connectivity index (χ1v) is 6.24. The van der Waals surface area contributed by atoms with Crippen LogP contribution in [0, 0.1) is 0 Å². The minimum Gasteiger partial charge on any atom is -0.363 e. The van der Waals surface area contributed by atoms with Gasteiger partial charge in [0.1, 0.15) is 5.82 Å². The van der Waals surface area contributed by atoms with E-state index in [0.717, 1.165) is 25.5 Å². The highest BCUT2D eigenvalue weighted by Gasteiger charge is 2.24. The molecule has 0 radical (unpaired) electrons. The van der Waals surface area contributed by atoms with Crippen molar-refractivity contribution in [1.29, 1.82) is 0 Å². The molecule has 0 bridgehead atoms. The summed E-state index contributed by atoms with van der Waals surface area (Å²) >= 11 is 0. The van der Waals surface area contributed by atoms with Crippen LogP contribution in [-0.2, 0) is 0 Å². The molecule has 1 amide bonds. The van der Waals surface area contributed by atoms with Crippen LogP contribution in [0.4, 0.5) is 5.82 Å². The first-order valence-electron chi connectivity index (χ1n) is 6.24. The zero-order valence-electron chi connectivity index (χ0n) is 11.2. The summed E-state index contributed by atoms with van der Waals surface area (Å²) < 4.78 is 0. The molecule has 0 aromatic carbocycles. The fraction of sp³-hybridized carbons (Fsp3) is 0.538. The van der Waals surface area contributed by atoms with Crippen molar-refractivity contribution in [1.82, 2.24) is 15.2 Å². The number of carbonyl (C=O) groups excluding carboxylic acids is 1. The van der Waals surface area contributed by atoms with Gasteiger partial charge in [0.25, 0.3) is 5.91 Å². The Bertz CT molecular complexity index is 416. The number of anilines is 1. The van der Waals surface area contributed by atoms with Crippen LogP contribution in [0.5, 0.6) is 0 Å². The van der Waals surface area contributed by atoms with Crippen molar-refractivity contribution in [3.05, 3.63) is 23.9 Å². The van der Waals surface area contributed by atoms with Crippen LogP contribution < -0.4 is 10.2 Å². The average Bonchev–Trinajstić information content (AvgIpc) is 2.38. The number of carbonyl (C=O) groups is 1. The summed E-state index contributed by atoms with van der Waals surface area (Å²) in [6, 6.07) is 3.96. The van der Waals surface area contributed by atoms with Gasteiger partial charge in [0, 0.05) is 46.0 Å². The Morgan fingerprint density at radius 1 is 1.50 bits per heavy atom. The van der Waals surface area contributed by atoms with Crippen molar-refractivity contribution in [2.45, 2.75) is 13.0 Å². The molecule has 1 aromatic heterocycles. The van der Waals surface area contributed by atoms with E-state index in [1.165, 1.54) is 0 Å². The molecule has 0 saturated carbocycles. The van der Waals surface area contributed by atoms with Crippen LogP contribution in [0.3, 0.4) is 0 Å². The van der Waals surface area contributed by atoms with Crippen molar-refractivity contribution >= 4 is 11.7 Å². The zero-order chi connectivity index (χ0) is 13.1. The van der Waals surface area contributed by atoms with Crippen molar-refractivity contribution in [3.63, 3.8) is 0 Å². The molecule has 5 heteroatoms. The monoisotopic (exact) mass is 248 g/mol. The largest absolute Gasteiger partial charge is 0.363 e. The number of nitrogens with zero attached hydrogens (tertiary/aromatic N) is 3. The molecule has 1 atom stereocenters. The Balaban J connectivity index is 2.13. The van der Waals surface area contributed by atoms with E-state index >= 15 is 0 Å². The van der Waals surface area contributed by atoms with E-state index in [2.05, 4.69) is 17.2 Å². The molecule has 1 aliphatic rings. The Morgan fingerprint density at radius 3 is 2.83 bits per heavy atom. The highest BCUT2D eigenvalue weighted by Crippen LogP contribution is 2.12. The predicted octanol–water partition coefficient (Wildman–Crippen LogP) is 0.581. The van der Waals surface area contributed by atoms with Gasteiger partial charge in [0.15, 0.2) is 0 Å². The predicted molar refractivity (Wildman–Crippen MR) is 71.9 cm³/mol. The van der Waals surface area contributed by atoms with Gasteiger partial charge < -0.3 is 15.1 Å². The molecule has 0 unspecified atom stereocenters. The molecule has 2 rings (SSSR count). The minimum atomic E-state index is 0.0711. The molecule has 5 nitrogen and oxygen atoms in total. The van der Waals surface area contributed by atoms with Crippen LogP contribution >= 0.6 is 0 Å². The lowest BCUT2D eigenvalue weighted by atomic mass is 10.1. The van der Waals surface area contributed by atoms with Gasteiger partial charge in [-0.15, -0.1) is 0 Å². The number of pyridine rings is 1. The maximum Gasteiger partial charge on any atom is 0.255 e. The zero-order valence-corrected chi connectivity index (χ0v) is 11.2. The summed E-state index contributed by atoms with van der Waals surface area (Å²) in [5.41, 5.74) is 0.661. The van der Waals surface area contributed by atoms with Crippen LogP contribution in [-0.4, -0.2) is 55.6 Å². The lowest BCUT2D eigenvalue weighted by Crippen LogP contribution is -2.52. The van der Waals surface area contributed by atoms with E-state index in [4.69, 9.17) is 0 Å². The fourth-order valence-electron chi connectivity index (χ4n) is 2.09. The summed E-state index contributed by atoms with van der Waals surface area (Å²) in [7, 11) is 3.87. The molecule has 98 valence electrons. The van der Waals surface area contributed by atoms with E-state index in [9.17, 15) is 4.79 Å². The third kappa shape index (κ3) is 2.61. The third-order valence-corrected chi connectivity index (χ3v) is 3.22. The molecule has 2 heterocycles. The number of aromatic nitrogens is 1. The third-order valence-electron chi connectivity index (χ3n) is 3.22. The normalized spacial score (nSPS) is 19.7. The quantitative estimate of drug-likeness (QED) is 0.832. The topological polar surface area (TPSA) is 48.5 Å². The average molecular weight is 248 g/mol. The summed E-state index contributed by atoms with van der Waals surface area (Å²) in [6.07, 6.45) is 1.66. The molecule has 1 fully saturated rings. The van der Waals surface area contributed by atoms with Crippen molar-refractivity contribution < 1.29 is 4.79 Å². The Labute approximate surface area is 108 Å². The number of amides is 1. The molecule has 1 aliphatic heterocycles. The van der Waals surface area contributed by atoms with Gasteiger partial charge in [-0.1, -0.05) is 0 Å². The second-order valence-corrected chi connectivity index (χ2v) is 4.85. The lowest BCUT2D eigenvalue weighted by Gasteiger charge is -2.34. The van der Waals surface area contributed by atoms with Gasteiger partial charge in [-0.3, -0.25) is 4.79 Å². The number of piperazine rings is 1. The highest BCUT2D eigenvalue weighted by atomic mass is 16.2. The maximum absolute atomic E-state index is 12.3.